The third kappa shape index (κ3) is 4.02. The molecule has 3 nitrogen and oxygen atoms in total. The van der Waals surface area contributed by atoms with E-state index in [-0.39, 0.29) is 24.1 Å². The van der Waals surface area contributed by atoms with Crippen LogP contribution in [0.15, 0.2) is 24.3 Å². The van der Waals surface area contributed by atoms with Gasteiger partial charge in [0.15, 0.2) is 5.78 Å². The quantitative estimate of drug-likeness (QED) is 0.581. The maximum absolute atomic E-state index is 11.9. The molecule has 92 valence electrons. The van der Waals surface area contributed by atoms with Crippen molar-refractivity contribution in [2.24, 2.45) is 5.92 Å². The van der Waals surface area contributed by atoms with E-state index < -0.39 is 0 Å². The first-order valence-electron chi connectivity index (χ1n) is 5.81. The lowest BCUT2D eigenvalue weighted by molar-refractivity contribution is -0.147. The molecular weight excluding hydrogens is 216 g/mol. The van der Waals surface area contributed by atoms with Gasteiger partial charge in [0.05, 0.1) is 12.5 Å². The number of Topliss-reactive ketones (excluding diaryl/α,β-unsaturated/α-hetero) is 1. The second-order valence-electron chi connectivity index (χ2n) is 4.15. The van der Waals surface area contributed by atoms with E-state index in [2.05, 4.69) is 0 Å². The van der Waals surface area contributed by atoms with Crippen LogP contribution in [0.4, 0.5) is 0 Å². The number of hydrogen-bond acceptors (Lipinski definition) is 3. The highest BCUT2D eigenvalue weighted by Crippen LogP contribution is 2.12. The second-order valence-corrected chi connectivity index (χ2v) is 4.15. The standard InChI is InChI=1S/C14H18O3/c1-4-17-14(16)11(3)9-13(15)12-7-5-10(2)6-8-12/h5-8,11H,4,9H2,1-3H3. The third-order valence-corrected chi connectivity index (χ3v) is 2.55. The molecule has 0 spiro atoms. The number of aryl methyl sites for hydroxylation is 1. The maximum atomic E-state index is 11.9. The predicted octanol–water partition coefficient (Wildman–Crippen LogP) is 2.77. The van der Waals surface area contributed by atoms with Gasteiger partial charge in [0.25, 0.3) is 0 Å². The normalized spacial score (nSPS) is 11.9. The van der Waals surface area contributed by atoms with Crippen LogP contribution in [-0.4, -0.2) is 18.4 Å². The van der Waals surface area contributed by atoms with Gasteiger partial charge in [0, 0.05) is 12.0 Å². The molecule has 3 heteroatoms. The van der Waals surface area contributed by atoms with E-state index in [0.717, 1.165) is 5.56 Å². The summed E-state index contributed by atoms with van der Waals surface area (Å²) in [5.41, 5.74) is 1.76. The molecule has 0 saturated carbocycles. The predicted molar refractivity (Wildman–Crippen MR) is 65.9 cm³/mol. The summed E-state index contributed by atoms with van der Waals surface area (Å²) < 4.78 is 4.87. The van der Waals surface area contributed by atoms with Crippen LogP contribution < -0.4 is 0 Å². The van der Waals surface area contributed by atoms with Gasteiger partial charge >= 0.3 is 5.97 Å². The van der Waals surface area contributed by atoms with Crippen molar-refractivity contribution < 1.29 is 14.3 Å². The largest absolute Gasteiger partial charge is 0.466 e. The van der Waals surface area contributed by atoms with Crippen LogP contribution in [0.2, 0.25) is 0 Å². The van der Waals surface area contributed by atoms with E-state index in [4.69, 9.17) is 4.74 Å². The summed E-state index contributed by atoms with van der Waals surface area (Å²) in [5.74, 6) is -0.720. The molecule has 0 aliphatic heterocycles. The van der Waals surface area contributed by atoms with Gasteiger partial charge in [-0.1, -0.05) is 36.8 Å². The summed E-state index contributed by atoms with van der Waals surface area (Å²) in [6.45, 7) is 5.79. The van der Waals surface area contributed by atoms with E-state index in [1.54, 1.807) is 26.0 Å². The van der Waals surface area contributed by atoms with Gasteiger partial charge in [-0.3, -0.25) is 9.59 Å². The molecule has 1 rings (SSSR count). The number of hydrogen-bond donors (Lipinski definition) is 0. The molecule has 0 aliphatic rings. The summed E-state index contributed by atoms with van der Waals surface area (Å²) in [4.78, 5) is 23.3. The lowest BCUT2D eigenvalue weighted by Gasteiger charge is -2.09. The van der Waals surface area contributed by atoms with E-state index in [0.29, 0.717) is 12.2 Å². The molecule has 0 fully saturated rings. The number of ether oxygens (including phenoxy) is 1. The van der Waals surface area contributed by atoms with Crippen molar-refractivity contribution in [1.82, 2.24) is 0 Å². The maximum Gasteiger partial charge on any atom is 0.309 e. The average molecular weight is 234 g/mol. The Morgan fingerprint density at radius 3 is 2.35 bits per heavy atom. The molecule has 1 aromatic carbocycles. The first kappa shape index (κ1) is 13.4. The summed E-state index contributed by atoms with van der Waals surface area (Å²) in [6, 6.07) is 7.36. The zero-order chi connectivity index (χ0) is 12.8. The van der Waals surface area contributed by atoms with Gasteiger partial charge in [0.2, 0.25) is 0 Å². The highest BCUT2D eigenvalue weighted by Gasteiger charge is 2.18. The fraction of sp³-hybridized carbons (Fsp3) is 0.429. The van der Waals surface area contributed by atoms with Crippen molar-refractivity contribution in [1.29, 1.82) is 0 Å². The molecule has 1 atom stereocenters. The molecule has 0 aromatic heterocycles. The Morgan fingerprint density at radius 1 is 1.24 bits per heavy atom. The zero-order valence-corrected chi connectivity index (χ0v) is 10.5. The molecule has 0 heterocycles. The first-order valence-corrected chi connectivity index (χ1v) is 5.81. The molecule has 17 heavy (non-hydrogen) atoms. The number of rotatable bonds is 5. The van der Waals surface area contributed by atoms with Crippen molar-refractivity contribution in [2.75, 3.05) is 6.61 Å². The van der Waals surface area contributed by atoms with Crippen LogP contribution in [0.5, 0.6) is 0 Å². The molecule has 0 N–H and O–H groups in total. The minimum atomic E-state index is -0.385. The van der Waals surface area contributed by atoms with Crippen molar-refractivity contribution in [3.63, 3.8) is 0 Å². The fourth-order valence-corrected chi connectivity index (χ4v) is 1.50. The lowest BCUT2D eigenvalue weighted by atomic mass is 9.99. The summed E-state index contributed by atoms with van der Waals surface area (Å²) in [6.07, 6.45) is 0.196. The smallest absolute Gasteiger partial charge is 0.309 e. The molecule has 1 aromatic rings. The van der Waals surface area contributed by atoms with Gasteiger partial charge in [-0.2, -0.15) is 0 Å². The third-order valence-electron chi connectivity index (χ3n) is 2.55. The number of esters is 1. The topological polar surface area (TPSA) is 43.4 Å². The van der Waals surface area contributed by atoms with Crippen molar-refractivity contribution in [3.8, 4) is 0 Å². The molecule has 0 aliphatic carbocycles. The molecular formula is C14H18O3. The molecule has 0 bridgehead atoms. The Labute approximate surface area is 102 Å². The van der Waals surface area contributed by atoms with Crippen LogP contribution in [0.3, 0.4) is 0 Å². The number of carbonyl (C=O) groups excluding carboxylic acids is 2. The highest BCUT2D eigenvalue weighted by molar-refractivity contribution is 5.98. The van der Waals surface area contributed by atoms with E-state index in [1.165, 1.54) is 0 Å². The highest BCUT2D eigenvalue weighted by atomic mass is 16.5. The van der Waals surface area contributed by atoms with Gasteiger partial charge < -0.3 is 4.74 Å². The van der Waals surface area contributed by atoms with Gasteiger partial charge in [-0.25, -0.2) is 0 Å². The van der Waals surface area contributed by atoms with E-state index in [9.17, 15) is 9.59 Å². The number of ketones is 1. The van der Waals surface area contributed by atoms with Crippen LogP contribution in [0.25, 0.3) is 0 Å². The van der Waals surface area contributed by atoms with Crippen molar-refractivity contribution in [3.05, 3.63) is 35.4 Å². The van der Waals surface area contributed by atoms with Crippen LogP contribution in [-0.2, 0) is 9.53 Å². The SMILES string of the molecule is CCOC(=O)C(C)CC(=O)c1ccc(C)cc1. The Balaban J connectivity index is 2.60. The molecule has 0 radical (unpaired) electrons. The average Bonchev–Trinajstić information content (AvgIpc) is 2.30. The van der Waals surface area contributed by atoms with Gasteiger partial charge in [0.1, 0.15) is 0 Å². The van der Waals surface area contributed by atoms with Crippen molar-refractivity contribution >= 4 is 11.8 Å². The Morgan fingerprint density at radius 2 is 1.82 bits per heavy atom. The molecule has 0 saturated heterocycles. The molecule has 1 unspecified atom stereocenters. The molecule has 0 amide bonds. The minimum Gasteiger partial charge on any atom is -0.466 e. The van der Waals surface area contributed by atoms with Gasteiger partial charge in [-0.05, 0) is 13.8 Å². The fourth-order valence-electron chi connectivity index (χ4n) is 1.50. The summed E-state index contributed by atoms with van der Waals surface area (Å²) >= 11 is 0. The Bertz CT molecular complexity index is 392. The minimum absolute atomic E-state index is 0.0226. The lowest BCUT2D eigenvalue weighted by Crippen LogP contribution is -2.18. The summed E-state index contributed by atoms with van der Waals surface area (Å²) in [7, 11) is 0. The van der Waals surface area contributed by atoms with Gasteiger partial charge in [-0.15, -0.1) is 0 Å². The van der Waals surface area contributed by atoms with E-state index >= 15 is 0 Å². The van der Waals surface area contributed by atoms with Crippen molar-refractivity contribution in [2.45, 2.75) is 27.2 Å². The van der Waals surface area contributed by atoms with Crippen LogP contribution in [0, 0.1) is 12.8 Å². The van der Waals surface area contributed by atoms with Crippen LogP contribution >= 0.6 is 0 Å². The number of carbonyl (C=O) groups is 2. The summed E-state index contributed by atoms with van der Waals surface area (Å²) in [5, 5.41) is 0. The van der Waals surface area contributed by atoms with Crippen LogP contribution in [0.1, 0.15) is 36.2 Å². The first-order chi connectivity index (χ1) is 8.04. The number of benzene rings is 1. The zero-order valence-electron chi connectivity index (χ0n) is 10.5. The monoisotopic (exact) mass is 234 g/mol. The Hall–Kier alpha value is -1.64. The van der Waals surface area contributed by atoms with E-state index in [1.807, 2.05) is 19.1 Å². The Kier molecular flexibility index (Phi) is 4.88. The second kappa shape index (κ2) is 6.18.